The largest absolute Gasteiger partial charge is 0.356 e. The molecule has 8 heteroatoms. The zero-order valence-corrected chi connectivity index (χ0v) is 20.4. The number of hydrogen-bond donors (Lipinski definition) is 1. The molecule has 1 fully saturated rings. The first-order chi connectivity index (χ1) is 16.7. The quantitative estimate of drug-likeness (QED) is 0.286. The molecule has 0 unspecified atom stereocenters. The maximum Gasteiger partial charge on any atom is 0.224 e. The molecule has 0 aliphatic carbocycles. The lowest BCUT2D eigenvalue weighted by molar-refractivity contribution is -0.120. The van der Waals surface area contributed by atoms with Crippen LogP contribution in [0.25, 0.3) is 21.8 Å². The molecule has 7 nitrogen and oxygen atoms in total. The number of benzene rings is 2. The molecule has 2 aromatic heterocycles. The number of aromatic nitrogens is 4. The molecular formula is C26H30N6OS. The minimum absolute atomic E-state index is 0.0133. The molecule has 0 atom stereocenters. The van der Waals surface area contributed by atoms with E-state index >= 15 is 0 Å². The van der Waals surface area contributed by atoms with Gasteiger partial charge in [-0.3, -0.25) is 4.79 Å². The molecule has 1 amide bonds. The fourth-order valence-corrected chi connectivity index (χ4v) is 5.18. The molecule has 1 aliphatic heterocycles. The van der Waals surface area contributed by atoms with Gasteiger partial charge < -0.3 is 10.2 Å². The molecule has 2 aromatic carbocycles. The van der Waals surface area contributed by atoms with E-state index in [4.69, 9.17) is 9.97 Å². The number of carbonyl (C=O) groups excluding carboxylic acids is 1. The van der Waals surface area contributed by atoms with Gasteiger partial charge in [0.15, 0.2) is 10.8 Å². The minimum Gasteiger partial charge on any atom is -0.356 e. The fourth-order valence-electron chi connectivity index (χ4n) is 4.50. The van der Waals surface area contributed by atoms with Gasteiger partial charge in [0.05, 0.1) is 24.5 Å². The summed E-state index contributed by atoms with van der Waals surface area (Å²) >= 11 is 1.69. The van der Waals surface area contributed by atoms with E-state index in [-0.39, 0.29) is 5.91 Å². The lowest BCUT2D eigenvalue weighted by atomic mass is 10.0. The number of thioether (sulfide) groups is 1. The van der Waals surface area contributed by atoms with Crippen LogP contribution in [-0.2, 0) is 17.8 Å². The van der Waals surface area contributed by atoms with Crippen LogP contribution in [0.15, 0.2) is 53.8 Å². The molecule has 4 aromatic rings. The van der Waals surface area contributed by atoms with Crippen LogP contribution in [0.5, 0.6) is 0 Å². The van der Waals surface area contributed by atoms with Crippen LogP contribution in [0.2, 0.25) is 0 Å². The highest BCUT2D eigenvalue weighted by molar-refractivity contribution is 7.99. The Bertz CT molecular complexity index is 1290. The number of amides is 1. The van der Waals surface area contributed by atoms with Gasteiger partial charge in [-0.25, -0.2) is 14.6 Å². The molecule has 1 aliphatic rings. The van der Waals surface area contributed by atoms with Crippen molar-refractivity contribution in [2.45, 2.75) is 44.3 Å². The summed E-state index contributed by atoms with van der Waals surface area (Å²) in [6, 6.07) is 14.3. The highest BCUT2D eigenvalue weighted by Gasteiger charge is 2.21. The topological polar surface area (TPSA) is 75.9 Å². The summed E-state index contributed by atoms with van der Waals surface area (Å²) in [5, 5.41) is 11.7. The molecular weight excluding hydrogens is 444 g/mol. The number of anilines is 1. The highest BCUT2D eigenvalue weighted by atomic mass is 32.2. The number of fused-ring (bicyclic) bond motifs is 2. The Morgan fingerprint density at radius 1 is 1.06 bits per heavy atom. The van der Waals surface area contributed by atoms with Gasteiger partial charge in [0.25, 0.3) is 0 Å². The van der Waals surface area contributed by atoms with Gasteiger partial charge in [-0.1, -0.05) is 61.2 Å². The second-order valence-electron chi connectivity index (χ2n) is 8.64. The third-order valence-electron chi connectivity index (χ3n) is 6.17. The molecule has 34 heavy (non-hydrogen) atoms. The SMILES string of the molecule is CCCSc1nc(N2CCCC2)c2cnn(CCNC(=O)Cc3cccc4ccccc34)c2n1. The average Bonchev–Trinajstić information content (AvgIpc) is 3.53. The molecule has 5 rings (SSSR count). The lowest BCUT2D eigenvalue weighted by Crippen LogP contribution is -2.29. The normalized spacial score (nSPS) is 13.7. The van der Waals surface area contributed by atoms with E-state index in [9.17, 15) is 4.79 Å². The Kier molecular flexibility index (Phi) is 6.94. The van der Waals surface area contributed by atoms with Crippen molar-refractivity contribution >= 4 is 45.3 Å². The first kappa shape index (κ1) is 22.7. The van der Waals surface area contributed by atoms with E-state index < -0.39 is 0 Å². The van der Waals surface area contributed by atoms with Crippen molar-refractivity contribution in [3.63, 3.8) is 0 Å². The molecule has 176 valence electrons. The molecule has 0 bridgehead atoms. The number of hydrogen-bond acceptors (Lipinski definition) is 6. The Balaban J connectivity index is 1.29. The third-order valence-corrected chi connectivity index (χ3v) is 7.23. The number of nitrogens with zero attached hydrogens (tertiary/aromatic N) is 5. The molecule has 0 spiro atoms. The van der Waals surface area contributed by atoms with E-state index in [2.05, 4.69) is 40.4 Å². The summed E-state index contributed by atoms with van der Waals surface area (Å²) in [5.41, 5.74) is 1.89. The van der Waals surface area contributed by atoms with Crippen molar-refractivity contribution in [2.75, 3.05) is 30.3 Å². The van der Waals surface area contributed by atoms with Crippen LogP contribution in [-0.4, -0.2) is 51.0 Å². The number of rotatable bonds is 9. The molecule has 3 heterocycles. The van der Waals surface area contributed by atoms with Crippen LogP contribution in [0.3, 0.4) is 0 Å². The lowest BCUT2D eigenvalue weighted by Gasteiger charge is -2.18. The summed E-state index contributed by atoms with van der Waals surface area (Å²) in [4.78, 5) is 24.7. The Morgan fingerprint density at radius 2 is 1.88 bits per heavy atom. The van der Waals surface area contributed by atoms with Crippen LogP contribution in [0.1, 0.15) is 31.7 Å². The summed E-state index contributed by atoms with van der Waals surface area (Å²) < 4.78 is 1.89. The number of nitrogens with one attached hydrogen (secondary N) is 1. The van der Waals surface area contributed by atoms with Crippen molar-refractivity contribution in [1.82, 2.24) is 25.1 Å². The van der Waals surface area contributed by atoms with Gasteiger partial charge in [-0.15, -0.1) is 0 Å². The first-order valence-electron chi connectivity index (χ1n) is 12.1. The van der Waals surface area contributed by atoms with Gasteiger partial charge in [0.1, 0.15) is 5.82 Å². The number of carbonyl (C=O) groups is 1. The summed E-state index contributed by atoms with van der Waals surface area (Å²) in [6.07, 6.45) is 5.70. The van der Waals surface area contributed by atoms with E-state index in [0.717, 1.165) is 63.6 Å². The molecule has 0 radical (unpaired) electrons. The van der Waals surface area contributed by atoms with Gasteiger partial charge >= 0.3 is 0 Å². The van der Waals surface area contributed by atoms with Crippen molar-refractivity contribution in [3.8, 4) is 0 Å². The van der Waals surface area contributed by atoms with E-state index in [1.165, 1.54) is 12.8 Å². The van der Waals surface area contributed by atoms with E-state index in [1.54, 1.807) is 11.8 Å². The second-order valence-corrected chi connectivity index (χ2v) is 9.70. The maximum atomic E-state index is 12.7. The van der Waals surface area contributed by atoms with Gasteiger partial charge in [-0.2, -0.15) is 5.10 Å². The van der Waals surface area contributed by atoms with Gasteiger partial charge in [0, 0.05) is 25.4 Å². The van der Waals surface area contributed by atoms with Crippen molar-refractivity contribution in [1.29, 1.82) is 0 Å². The Morgan fingerprint density at radius 3 is 2.74 bits per heavy atom. The Labute approximate surface area is 204 Å². The van der Waals surface area contributed by atoms with Crippen molar-refractivity contribution in [2.24, 2.45) is 0 Å². The predicted molar refractivity (Wildman–Crippen MR) is 138 cm³/mol. The van der Waals surface area contributed by atoms with Gasteiger partial charge in [0.2, 0.25) is 5.91 Å². The monoisotopic (exact) mass is 474 g/mol. The third kappa shape index (κ3) is 4.87. The van der Waals surface area contributed by atoms with Crippen LogP contribution in [0.4, 0.5) is 5.82 Å². The van der Waals surface area contributed by atoms with E-state index in [1.807, 2.05) is 35.1 Å². The zero-order valence-electron chi connectivity index (χ0n) is 19.5. The maximum absolute atomic E-state index is 12.7. The highest BCUT2D eigenvalue weighted by Crippen LogP contribution is 2.29. The Hall–Kier alpha value is -3.13. The average molecular weight is 475 g/mol. The summed E-state index contributed by atoms with van der Waals surface area (Å²) in [7, 11) is 0. The summed E-state index contributed by atoms with van der Waals surface area (Å²) in [6.45, 7) is 5.29. The molecule has 1 N–H and O–H groups in total. The van der Waals surface area contributed by atoms with Crippen LogP contribution >= 0.6 is 11.8 Å². The molecule has 0 saturated carbocycles. The zero-order chi connectivity index (χ0) is 23.3. The summed E-state index contributed by atoms with van der Waals surface area (Å²) in [5.74, 6) is 2.00. The predicted octanol–water partition coefficient (Wildman–Crippen LogP) is 4.44. The van der Waals surface area contributed by atoms with Crippen molar-refractivity contribution in [3.05, 3.63) is 54.2 Å². The standard InChI is InChI=1S/C26H30N6OS/c1-2-16-34-26-29-24(31-13-5-6-14-31)22-18-28-32(25(22)30-26)15-12-27-23(33)17-20-10-7-9-19-8-3-4-11-21(19)20/h3-4,7-11,18H,2,5-6,12-17H2,1H3,(H,27,33). The van der Waals surface area contributed by atoms with Crippen LogP contribution < -0.4 is 10.2 Å². The smallest absolute Gasteiger partial charge is 0.224 e. The minimum atomic E-state index is 0.0133. The first-order valence-corrected chi connectivity index (χ1v) is 13.1. The fraction of sp³-hybridized carbons (Fsp3) is 0.385. The van der Waals surface area contributed by atoms with Crippen LogP contribution in [0, 0.1) is 0 Å². The second kappa shape index (κ2) is 10.4. The molecule has 1 saturated heterocycles. The van der Waals surface area contributed by atoms with Gasteiger partial charge in [-0.05, 0) is 35.6 Å². The van der Waals surface area contributed by atoms with E-state index in [0.29, 0.717) is 19.5 Å². The van der Waals surface area contributed by atoms with Crippen molar-refractivity contribution < 1.29 is 4.79 Å².